The zero-order valence-electron chi connectivity index (χ0n) is 15.8. The van der Waals surface area contributed by atoms with Gasteiger partial charge in [-0.05, 0) is 75.2 Å². The van der Waals surface area contributed by atoms with Crippen molar-refractivity contribution in [1.82, 2.24) is 4.90 Å². The second-order valence-corrected chi connectivity index (χ2v) is 6.14. The van der Waals surface area contributed by atoms with Gasteiger partial charge < -0.3 is 15.0 Å². The monoisotopic (exact) mass is 354 g/mol. The van der Waals surface area contributed by atoms with Crippen LogP contribution in [0, 0.1) is 13.8 Å². The fraction of sp³-hybridized carbons (Fsp3) is 0.333. The van der Waals surface area contributed by atoms with E-state index in [0.29, 0.717) is 30.1 Å². The van der Waals surface area contributed by atoms with Crippen molar-refractivity contribution < 1.29 is 14.3 Å². The van der Waals surface area contributed by atoms with Crippen molar-refractivity contribution in [2.24, 2.45) is 0 Å². The van der Waals surface area contributed by atoms with E-state index < -0.39 is 0 Å². The fourth-order valence-corrected chi connectivity index (χ4v) is 2.54. The number of rotatable bonds is 7. The molecule has 5 nitrogen and oxygen atoms in total. The molecule has 0 fully saturated rings. The van der Waals surface area contributed by atoms with Crippen LogP contribution in [0.15, 0.2) is 42.5 Å². The average Bonchev–Trinajstić information content (AvgIpc) is 2.64. The second-order valence-electron chi connectivity index (χ2n) is 6.14. The van der Waals surface area contributed by atoms with E-state index in [4.69, 9.17) is 4.74 Å². The number of carbonyl (C=O) groups excluding carboxylic acids is 2. The lowest BCUT2D eigenvalue weighted by molar-refractivity contribution is -0.118. The van der Waals surface area contributed by atoms with E-state index in [9.17, 15) is 9.59 Å². The van der Waals surface area contributed by atoms with Gasteiger partial charge in [0.05, 0.1) is 0 Å². The maximum atomic E-state index is 12.3. The van der Waals surface area contributed by atoms with Gasteiger partial charge in [-0.3, -0.25) is 9.59 Å². The Hall–Kier alpha value is -2.82. The number of hydrogen-bond donors (Lipinski definition) is 1. The molecule has 2 aromatic rings. The first kappa shape index (κ1) is 19.5. The van der Waals surface area contributed by atoms with Gasteiger partial charge in [-0.1, -0.05) is 6.07 Å². The molecule has 0 bridgehead atoms. The summed E-state index contributed by atoms with van der Waals surface area (Å²) in [7, 11) is 0. The van der Waals surface area contributed by atoms with Crippen LogP contribution < -0.4 is 10.1 Å². The van der Waals surface area contributed by atoms with Crippen molar-refractivity contribution in [3.05, 3.63) is 59.2 Å². The summed E-state index contributed by atoms with van der Waals surface area (Å²) < 4.78 is 5.53. The molecule has 0 radical (unpaired) electrons. The van der Waals surface area contributed by atoms with Gasteiger partial charge in [0.15, 0.2) is 6.61 Å². The zero-order valence-corrected chi connectivity index (χ0v) is 15.8. The summed E-state index contributed by atoms with van der Waals surface area (Å²) in [6.07, 6.45) is 0. The first-order chi connectivity index (χ1) is 12.4. The van der Waals surface area contributed by atoms with Crippen LogP contribution in [0.25, 0.3) is 0 Å². The van der Waals surface area contributed by atoms with E-state index in [1.165, 1.54) is 5.56 Å². The molecule has 0 aromatic heterocycles. The third-order valence-electron chi connectivity index (χ3n) is 4.31. The third-order valence-corrected chi connectivity index (χ3v) is 4.31. The highest BCUT2D eigenvalue weighted by Crippen LogP contribution is 2.16. The summed E-state index contributed by atoms with van der Waals surface area (Å²) >= 11 is 0. The standard InChI is InChI=1S/C21H26N2O3/c1-5-23(6-2)21(25)17-8-10-18(11-9-17)22-20(24)14-26-19-12-7-15(3)16(4)13-19/h7-13H,5-6,14H2,1-4H3,(H,22,24). The zero-order chi connectivity index (χ0) is 19.1. The number of aryl methyl sites for hydroxylation is 2. The van der Waals surface area contributed by atoms with E-state index in [2.05, 4.69) is 5.32 Å². The lowest BCUT2D eigenvalue weighted by Gasteiger charge is -2.18. The molecular weight excluding hydrogens is 328 g/mol. The van der Waals surface area contributed by atoms with Crippen LogP contribution in [-0.2, 0) is 4.79 Å². The lowest BCUT2D eigenvalue weighted by atomic mass is 10.1. The summed E-state index contributed by atoms with van der Waals surface area (Å²) in [5.74, 6) is 0.417. The van der Waals surface area contributed by atoms with Gasteiger partial charge in [0, 0.05) is 24.3 Å². The molecule has 0 aliphatic rings. The van der Waals surface area contributed by atoms with Gasteiger partial charge >= 0.3 is 0 Å². The fourth-order valence-electron chi connectivity index (χ4n) is 2.54. The van der Waals surface area contributed by atoms with Crippen LogP contribution in [0.2, 0.25) is 0 Å². The number of nitrogens with one attached hydrogen (secondary N) is 1. The van der Waals surface area contributed by atoms with E-state index in [0.717, 1.165) is 5.56 Å². The van der Waals surface area contributed by atoms with E-state index >= 15 is 0 Å². The van der Waals surface area contributed by atoms with Crippen molar-refractivity contribution in [3.8, 4) is 5.75 Å². The Bertz CT molecular complexity index is 765. The van der Waals surface area contributed by atoms with Crippen molar-refractivity contribution >= 4 is 17.5 Å². The van der Waals surface area contributed by atoms with Gasteiger partial charge in [0.25, 0.3) is 11.8 Å². The number of carbonyl (C=O) groups is 2. The van der Waals surface area contributed by atoms with Gasteiger partial charge in [0.1, 0.15) is 5.75 Å². The van der Waals surface area contributed by atoms with Crippen LogP contribution in [-0.4, -0.2) is 36.4 Å². The molecule has 5 heteroatoms. The Morgan fingerprint density at radius 3 is 2.19 bits per heavy atom. The molecule has 138 valence electrons. The Morgan fingerprint density at radius 2 is 1.62 bits per heavy atom. The Morgan fingerprint density at radius 1 is 0.962 bits per heavy atom. The van der Waals surface area contributed by atoms with Crippen molar-refractivity contribution in [2.45, 2.75) is 27.7 Å². The van der Waals surface area contributed by atoms with Crippen LogP contribution in [0.5, 0.6) is 5.75 Å². The first-order valence-electron chi connectivity index (χ1n) is 8.83. The third kappa shape index (κ3) is 5.09. The molecule has 0 heterocycles. The summed E-state index contributed by atoms with van der Waals surface area (Å²) in [4.78, 5) is 26.1. The molecule has 0 aliphatic heterocycles. The maximum absolute atomic E-state index is 12.3. The summed E-state index contributed by atoms with van der Waals surface area (Å²) in [6, 6.07) is 12.6. The van der Waals surface area contributed by atoms with Gasteiger partial charge in [-0.15, -0.1) is 0 Å². The number of anilines is 1. The molecule has 0 aliphatic carbocycles. The van der Waals surface area contributed by atoms with Crippen LogP contribution >= 0.6 is 0 Å². The molecule has 26 heavy (non-hydrogen) atoms. The molecule has 0 spiro atoms. The lowest BCUT2D eigenvalue weighted by Crippen LogP contribution is -2.30. The number of ether oxygens (including phenoxy) is 1. The molecule has 2 rings (SSSR count). The topological polar surface area (TPSA) is 58.6 Å². The molecular formula is C21H26N2O3. The van der Waals surface area contributed by atoms with E-state index in [1.54, 1.807) is 29.2 Å². The van der Waals surface area contributed by atoms with Gasteiger partial charge in [0.2, 0.25) is 0 Å². The smallest absolute Gasteiger partial charge is 0.262 e. The molecule has 2 amide bonds. The predicted octanol–water partition coefficient (Wildman–Crippen LogP) is 3.80. The highest BCUT2D eigenvalue weighted by atomic mass is 16.5. The highest BCUT2D eigenvalue weighted by molar-refractivity contribution is 5.96. The number of amides is 2. The van der Waals surface area contributed by atoms with Crippen molar-refractivity contribution in [3.63, 3.8) is 0 Å². The highest BCUT2D eigenvalue weighted by Gasteiger charge is 2.12. The summed E-state index contributed by atoms with van der Waals surface area (Å²) in [5, 5.41) is 2.77. The number of nitrogens with zero attached hydrogens (tertiary/aromatic N) is 1. The predicted molar refractivity (Wildman–Crippen MR) is 104 cm³/mol. The number of hydrogen-bond acceptors (Lipinski definition) is 3. The van der Waals surface area contributed by atoms with Gasteiger partial charge in [-0.25, -0.2) is 0 Å². The average molecular weight is 354 g/mol. The van der Waals surface area contributed by atoms with E-state index in [-0.39, 0.29) is 18.4 Å². The first-order valence-corrected chi connectivity index (χ1v) is 8.83. The maximum Gasteiger partial charge on any atom is 0.262 e. The Kier molecular flexibility index (Phi) is 6.78. The Labute approximate surface area is 155 Å². The largest absolute Gasteiger partial charge is 0.484 e. The van der Waals surface area contributed by atoms with Crippen molar-refractivity contribution in [1.29, 1.82) is 0 Å². The summed E-state index contributed by atoms with van der Waals surface area (Å²) in [5.41, 5.74) is 3.55. The molecule has 1 N–H and O–H groups in total. The molecule has 0 unspecified atom stereocenters. The number of benzene rings is 2. The van der Waals surface area contributed by atoms with Crippen LogP contribution in [0.1, 0.15) is 35.3 Å². The Balaban J connectivity index is 1.90. The molecule has 2 aromatic carbocycles. The minimum atomic E-state index is -0.244. The van der Waals surface area contributed by atoms with Crippen LogP contribution in [0.3, 0.4) is 0 Å². The normalized spacial score (nSPS) is 10.3. The molecule has 0 saturated carbocycles. The molecule has 0 atom stereocenters. The minimum Gasteiger partial charge on any atom is -0.484 e. The molecule has 0 saturated heterocycles. The summed E-state index contributed by atoms with van der Waals surface area (Å²) in [6.45, 7) is 9.21. The van der Waals surface area contributed by atoms with E-state index in [1.807, 2.05) is 45.9 Å². The van der Waals surface area contributed by atoms with Crippen molar-refractivity contribution in [2.75, 3.05) is 25.0 Å². The van der Waals surface area contributed by atoms with Gasteiger partial charge in [-0.2, -0.15) is 0 Å². The second kappa shape index (κ2) is 9.04. The quantitative estimate of drug-likeness (QED) is 0.823. The minimum absolute atomic E-state index is 0.00838. The van der Waals surface area contributed by atoms with Crippen LogP contribution in [0.4, 0.5) is 5.69 Å². The SMILES string of the molecule is CCN(CC)C(=O)c1ccc(NC(=O)COc2ccc(C)c(C)c2)cc1.